The highest BCUT2D eigenvalue weighted by molar-refractivity contribution is 7.92. The van der Waals surface area contributed by atoms with E-state index in [0.717, 1.165) is 22.7 Å². The molecule has 0 aromatic heterocycles. The molecule has 1 amide bonds. The van der Waals surface area contributed by atoms with E-state index in [9.17, 15) is 13.2 Å². The van der Waals surface area contributed by atoms with Crippen molar-refractivity contribution in [2.75, 3.05) is 31.0 Å². The van der Waals surface area contributed by atoms with E-state index in [1.165, 1.54) is 7.11 Å². The fourth-order valence-corrected chi connectivity index (χ4v) is 5.04. The maximum atomic E-state index is 13.5. The highest BCUT2D eigenvalue weighted by Gasteiger charge is 2.31. The SMILES string of the molecule is COc1ccccc1N(CC(=O)N1CCC[C@@H](C)C1)S(=O)(=O)c1ccc(C)cc1. The molecule has 6 nitrogen and oxygen atoms in total. The van der Waals surface area contributed by atoms with Gasteiger partial charge in [-0.05, 0) is 49.9 Å². The number of carbonyl (C=O) groups is 1. The van der Waals surface area contributed by atoms with Crippen LogP contribution >= 0.6 is 0 Å². The number of rotatable bonds is 6. The summed E-state index contributed by atoms with van der Waals surface area (Å²) in [5.41, 5.74) is 1.32. The number of ether oxygens (including phenoxy) is 1. The van der Waals surface area contributed by atoms with E-state index in [0.29, 0.717) is 30.4 Å². The Labute approximate surface area is 173 Å². The molecule has 1 aliphatic rings. The van der Waals surface area contributed by atoms with E-state index in [2.05, 4.69) is 6.92 Å². The van der Waals surface area contributed by atoms with Crippen molar-refractivity contribution in [2.45, 2.75) is 31.6 Å². The van der Waals surface area contributed by atoms with Crippen molar-refractivity contribution < 1.29 is 17.9 Å². The van der Waals surface area contributed by atoms with Gasteiger partial charge in [-0.1, -0.05) is 36.8 Å². The van der Waals surface area contributed by atoms with Crippen molar-refractivity contribution in [3.05, 3.63) is 54.1 Å². The monoisotopic (exact) mass is 416 g/mol. The van der Waals surface area contributed by atoms with Crippen LogP contribution in [-0.4, -0.2) is 46.0 Å². The third-order valence-electron chi connectivity index (χ3n) is 5.25. The first-order chi connectivity index (χ1) is 13.8. The zero-order chi connectivity index (χ0) is 21.0. The number of hydrogen-bond acceptors (Lipinski definition) is 4. The lowest BCUT2D eigenvalue weighted by Gasteiger charge is -2.33. The summed E-state index contributed by atoms with van der Waals surface area (Å²) in [4.78, 5) is 15.0. The van der Waals surface area contributed by atoms with Gasteiger partial charge in [0.05, 0.1) is 17.7 Å². The summed E-state index contributed by atoms with van der Waals surface area (Å²) in [6.45, 7) is 5.07. The van der Waals surface area contributed by atoms with E-state index < -0.39 is 10.0 Å². The molecule has 0 spiro atoms. The lowest BCUT2D eigenvalue weighted by molar-refractivity contribution is -0.131. The number of sulfonamides is 1. The second-order valence-electron chi connectivity index (χ2n) is 7.58. The quantitative estimate of drug-likeness (QED) is 0.723. The molecule has 2 aromatic carbocycles. The van der Waals surface area contributed by atoms with Crippen LogP contribution in [0, 0.1) is 12.8 Å². The van der Waals surface area contributed by atoms with E-state index in [1.54, 1.807) is 53.4 Å². The summed E-state index contributed by atoms with van der Waals surface area (Å²) < 4.78 is 33.5. The number of likely N-dealkylation sites (tertiary alicyclic amines) is 1. The van der Waals surface area contributed by atoms with Gasteiger partial charge in [0.2, 0.25) is 5.91 Å². The Balaban J connectivity index is 2.00. The Morgan fingerprint density at radius 2 is 1.86 bits per heavy atom. The van der Waals surface area contributed by atoms with Gasteiger partial charge < -0.3 is 9.64 Å². The normalized spacial score (nSPS) is 17.1. The number of carbonyl (C=O) groups excluding carboxylic acids is 1. The Kier molecular flexibility index (Phi) is 6.47. The third-order valence-corrected chi connectivity index (χ3v) is 7.03. The van der Waals surface area contributed by atoms with Crippen LogP contribution < -0.4 is 9.04 Å². The molecule has 1 saturated heterocycles. The van der Waals surface area contributed by atoms with Crippen molar-refractivity contribution in [3.63, 3.8) is 0 Å². The molecule has 1 aliphatic heterocycles. The van der Waals surface area contributed by atoms with Crippen LogP contribution in [0.15, 0.2) is 53.4 Å². The first kappa shape index (κ1) is 21.2. The highest BCUT2D eigenvalue weighted by atomic mass is 32.2. The molecular formula is C22H28N2O4S. The molecular weight excluding hydrogens is 388 g/mol. The molecule has 0 radical (unpaired) electrons. The average Bonchev–Trinajstić information content (AvgIpc) is 2.72. The van der Waals surface area contributed by atoms with E-state index >= 15 is 0 Å². The van der Waals surface area contributed by atoms with Crippen molar-refractivity contribution in [1.82, 2.24) is 4.90 Å². The van der Waals surface area contributed by atoms with Crippen LogP contribution in [0.5, 0.6) is 5.75 Å². The van der Waals surface area contributed by atoms with E-state index in [1.807, 2.05) is 6.92 Å². The Morgan fingerprint density at radius 3 is 2.52 bits per heavy atom. The maximum absolute atomic E-state index is 13.5. The number of hydrogen-bond donors (Lipinski definition) is 0. The number of amides is 1. The van der Waals surface area contributed by atoms with Gasteiger partial charge in [-0.15, -0.1) is 0 Å². The third kappa shape index (κ3) is 4.72. The summed E-state index contributed by atoms with van der Waals surface area (Å²) in [6.07, 6.45) is 2.02. The number of benzene rings is 2. The summed E-state index contributed by atoms with van der Waals surface area (Å²) >= 11 is 0. The number of methoxy groups -OCH3 is 1. The van der Waals surface area contributed by atoms with Crippen molar-refractivity contribution in [3.8, 4) is 5.75 Å². The summed E-state index contributed by atoms with van der Waals surface area (Å²) in [7, 11) is -2.46. The smallest absolute Gasteiger partial charge is 0.264 e. The lowest BCUT2D eigenvalue weighted by Crippen LogP contribution is -2.46. The molecule has 1 fully saturated rings. The summed E-state index contributed by atoms with van der Waals surface area (Å²) in [5, 5.41) is 0. The first-order valence-corrected chi connectivity index (χ1v) is 11.3. The van der Waals surface area contributed by atoms with Gasteiger partial charge >= 0.3 is 0 Å². The zero-order valence-corrected chi connectivity index (χ0v) is 18.0. The highest BCUT2D eigenvalue weighted by Crippen LogP contribution is 2.32. The van der Waals surface area contributed by atoms with Crippen LogP contribution in [0.3, 0.4) is 0 Å². The molecule has 156 valence electrons. The molecule has 29 heavy (non-hydrogen) atoms. The van der Waals surface area contributed by atoms with E-state index in [-0.39, 0.29) is 17.3 Å². The Morgan fingerprint density at radius 1 is 1.17 bits per heavy atom. The van der Waals surface area contributed by atoms with Crippen molar-refractivity contribution >= 4 is 21.6 Å². The van der Waals surface area contributed by atoms with Crippen LogP contribution in [0.1, 0.15) is 25.3 Å². The molecule has 0 bridgehead atoms. The second kappa shape index (κ2) is 8.86. The molecule has 1 heterocycles. The first-order valence-electron chi connectivity index (χ1n) is 9.83. The van der Waals surface area contributed by atoms with Gasteiger partial charge in [-0.3, -0.25) is 9.10 Å². The summed E-state index contributed by atoms with van der Waals surface area (Å²) in [6, 6.07) is 13.5. The average molecular weight is 417 g/mol. The number of piperidine rings is 1. The minimum atomic E-state index is -3.94. The number of anilines is 1. The fraction of sp³-hybridized carbons (Fsp3) is 0.409. The molecule has 0 unspecified atom stereocenters. The molecule has 7 heteroatoms. The minimum absolute atomic E-state index is 0.147. The standard InChI is InChI=1S/C22H28N2O4S/c1-17-10-12-19(13-11-17)29(26,27)24(20-8-4-5-9-21(20)28-3)16-22(25)23-14-6-7-18(2)15-23/h4-5,8-13,18H,6-7,14-16H2,1-3H3/t18-/m1/s1. The predicted octanol–water partition coefficient (Wildman–Crippen LogP) is 3.46. The summed E-state index contributed by atoms with van der Waals surface area (Å²) in [5.74, 6) is 0.627. The van der Waals surface area contributed by atoms with Gasteiger partial charge in [0.15, 0.2) is 0 Å². The minimum Gasteiger partial charge on any atom is -0.495 e. The Bertz CT molecular complexity index is 957. The molecule has 0 saturated carbocycles. The van der Waals surface area contributed by atoms with Crippen LogP contribution in [-0.2, 0) is 14.8 Å². The second-order valence-corrected chi connectivity index (χ2v) is 9.45. The number of para-hydroxylation sites is 2. The van der Waals surface area contributed by atoms with Gasteiger partial charge in [-0.25, -0.2) is 8.42 Å². The topological polar surface area (TPSA) is 66.9 Å². The molecule has 3 rings (SSSR count). The van der Waals surface area contributed by atoms with Crippen LogP contribution in [0.25, 0.3) is 0 Å². The number of nitrogens with zero attached hydrogens (tertiary/aromatic N) is 2. The predicted molar refractivity (Wildman–Crippen MR) is 114 cm³/mol. The fourth-order valence-electron chi connectivity index (χ4n) is 3.61. The molecule has 0 N–H and O–H groups in total. The zero-order valence-electron chi connectivity index (χ0n) is 17.2. The Hall–Kier alpha value is -2.54. The lowest BCUT2D eigenvalue weighted by atomic mass is 10.0. The van der Waals surface area contributed by atoms with Gasteiger partial charge in [0, 0.05) is 13.1 Å². The maximum Gasteiger partial charge on any atom is 0.264 e. The van der Waals surface area contributed by atoms with Gasteiger partial charge in [0.25, 0.3) is 10.0 Å². The van der Waals surface area contributed by atoms with Gasteiger partial charge in [0.1, 0.15) is 12.3 Å². The van der Waals surface area contributed by atoms with Gasteiger partial charge in [-0.2, -0.15) is 0 Å². The van der Waals surface area contributed by atoms with E-state index in [4.69, 9.17) is 4.74 Å². The molecule has 2 aromatic rings. The van der Waals surface area contributed by atoms with Crippen molar-refractivity contribution in [2.24, 2.45) is 5.92 Å². The molecule has 0 aliphatic carbocycles. The van der Waals surface area contributed by atoms with Crippen LogP contribution in [0.2, 0.25) is 0 Å². The van der Waals surface area contributed by atoms with Crippen molar-refractivity contribution in [1.29, 1.82) is 0 Å². The van der Waals surface area contributed by atoms with Crippen LogP contribution in [0.4, 0.5) is 5.69 Å². The molecule has 1 atom stereocenters. The number of aryl methyl sites for hydroxylation is 1. The largest absolute Gasteiger partial charge is 0.495 e.